The summed E-state index contributed by atoms with van der Waals surface area (Å²) in [4.78, 5) is 18.1. The van der Waals surface area contributed by atoms with E-state index in [-0.39, 0.29) is 29.3 Å². The first-order valence-corrected chi connectivity index (χ1v) is 14.3. The fourth-order valence-corrected chi connectivity index (χ4v) is 5.52. The molecule has 2 aromatic carbocycles. The lowest BCUT2D eigenvalue weighted by Crippen LogP contribution is -2.17. The Morgan fingerprint density at radius 2 is 1.68 bits per heavy atom. The van der Waals surface area contributed by atoms with Crippen LogP contribution in [-0.4, -0.2) is 53.7 Å². The maximum absolute atomic E-state index is 13.6. The van der Waals surface area contributed by atoms with Crippen molar-refractivity contribution in [2.45, 2.75) is 12.7 Å². The molecule has 0 aliphatic heterocycles. The van der Waals surface area contributed by atoms with Gasteiger partial charge in [0.2, 0.25) is 15.9 Å². The number of methoxy groups -OCH3 is 2. The first-order chi connectivity index (χ1) is 19.7. The molecule has 41 heavy (non-hydrogen) atoms. The number of ether oxygens (including phenoxy) is 3. The van der Waals surface area contributed by atoms with Crippen LogP contribution in [0.5, 0.6) is 17.4 Å². The predicted molar refractivity (Wildman–Crippen MR) is 154 cm³/mol. The van der Waals surface area contributed by atoms with Gasteiger partial charge in [-0.05, 0) is 42.8 Å². The van der Waals surface area contributed by atoms with Crippen LogP contribution >= 0.6 is 11.6 Å². The van der Waals surface area contributed by atoms with Gasteiger partial charge in [-0.25, -0.2) is 32.7 Å². The molecular weight excluding hydrogens is 575 g/mol. The van der Waals surface area contributed by atoms with Crippen molar-refractivity contribution in [3.63, 3.8) is 0 Å². The van der Waals surface area contributed by atoms with Crippen LogP contribution < -0.4 is 18.9 Å². The minimum absolute atomic E-state index is 0. The van der Waals surface area contributed by atoms with Crippen molar-refractivity contribution in [1.82, 2.24) is 24.5 Å². The molecule has 3 aromatic heterocycles. The molecule has 0 saturated heterocycles. The van der Waals surface area contributed by atoms with Crippen molar-refractivity contribution in [2.75, 3.05) is 25.5 Å². The highest BCUT2D eigenvalue weighted by atomic mass is 35.5. The second-order valence-corrected chi connectivity index (χ2v) is 10.7. The third kappa shape index (κ3) is 5.86. The number of fused-ring (bicyclic) bond motifs is 1. The van der Waals surface area contributed by atoms with E-state index in [1.54, 1.807) is 41.0 Å². The van der Waals surface area contributed by atoms with Crippen LogP contribution in [-0.2, 0) is 15.8 Å². The van der Waals surface area contributed by atoms with Gasteiger partial charge in [0.1, 0.15) is 28.7 Å². The highest BCUT2D eigenvalue weighted by Gasteiger charge is 2.26. The van der Waals surface area contributed by atoms with Gasteiger partial charge in [0.05, 0.1) is 26.6 Å². The van der Waals surface area contributed by atoms with Gasteiger partial charge in [-0.15, -0.1) is 0 Å². The van der Waals surface area contributed by atoms with E-state index >= 15 is 0 Å². The van der Waals surface area contributed by atoms with Crippen LogP contribution in [0.15, 0.2) is 60.7 Å². The van der Waals surface area contributed by atoms with Gasteiger partial charge in [-0.1, -0.05) is 35.9 Å². The van der Waals surface area contributed by atoms with Crippen LogP contribution in [0.3, 0.4) is 0 Å². The molecule has 0 spiro atoms. The Morgan fingerprint density at radius 3 is 2.37 bits per heavy atom. The third-order valence-corrected chi connectivity index (χ3v) is 7.30. The largest absolute Gasteiger partial charge is 0.494 e. The monoisotopic (exact) mass is 600 g/mol. The number of para-hydroxylation sites is 1. The van der Waals surface area contributed by atoms with Crippen LogP contribution in [0.25, 0.3) is 28.5 Å². The number of halogens is 2. The molecule has 214 valence electrons. The molecular formula is C27H26ClFN6O5S. The van der Waals surface area contributed by atoms with Crippen molar-refractivity contribution in [1.29, 1.82) is 0 Å². The maximum atomic E-state index is 13.6. The average Bonchev–Trinajstić information content (AvgIpc) is 3.30. The van der Waals surface area contributed by atoms with E-state index in [9.17, 15) is 12.8 Å². The molecule has 3 heterocycles. The Labute approximate surface area is 241 Å². The second-order valence-electron chi connectivity index (χ2n) is 8.58. The van der Waals surface area contributed by atoms with Gasteiger partial charge in [-0.3, -0.25) is 9.29 Å². The van der Waals surface area contributed by atoms with Gasteiger partial charge >= 0.3 is 0 Å². The second kappa shape index (κ2) is 11.6. The Morgan fingerprint density at radius 1 is 0.976 bits per heavy atom. The zero-order valence-electron chi connectivity index (χ0n) is 22.1. The molecule has 0 unspecified atom stereocenters. The lowest BCUT2D eigenvalue weighted by atomic mass is 10.2. The fourth-order valence-electron chi connectivity index (χ4n) is 4.17. The van der Waals surface area contributed by atoms with Gasteiger partial charge in [0.25, 0.3) is 0 Å². The smallest absolute Gasteiger partial charge is 0.238 e. The van der Waals surface area contributed by atoms with Crippen molar-refractivity contribution >= 4 is 38.7 Å². The van der Waals surface area contributed by atoms with Gasteiger partial charge in [-0.2, -0.15) is 0 Å². The number of rotatable bonds is 10. The highest BCUT2D eigenvalue weighted by molar-refractivity contribution is 7.91. The summed E-state index contributed by atoms with van der Waals surface area (Å²) in [5, 5.41) is -0.237. The number of sulfonamides is 1. The van der Waals surface area contributed by atoms with Crippen LogP contribution in [0.2, 0.25) is 5.15 Å². The number of anilines is 1. The van der Waals surface area contributed by atoms with Crippen LogP contribution in [0.1, 0.15) is 13.9 Å². The first-order valence-electron chi connectivity index (χ1n) is 12.3. The van der Waals surface area contributed by atoms with E-state index in [1.165, 1.54) is 32.4 Å². The molecule has 0 fully saturated rings. The van der Waals surface area contributed by atoms with Crippen molar-refractivity contribution in [3.05, 3.63) is 77.2 Å². The van der Waals surface area contributed by atoms with Crippen molar-refractivity contribution in [3.8, 4) is 34.6 Å². The molecule has 14 heteroatoms. The summed E-state index contributed by atoms with van der Waals surface area (Å²) in [5.41, 5.74) is 1.32. The van der Waals surface area contributed by atoms with Crippen LogP contribution in [0, 0.1) is 5.82 Å². The Balaban J connectivity index is 0.00000405. The first kappa shape index (κ1) is 28.1. The summed E-state index contributed by atoms with van der Waals surface area (Å²) in [7, 11) is -1.07. The molecule has 5 aromatic rings. The van der Waals surface area contributed by atoms with Gasteiger partial charge < -0.3 is 14.2 Å². The van der Waals surface area contributed by atoms with E-state index in [0.29, 0.717) is 41.2 Å². The number of aromatic nitrogens is 5. The quantitative estimate of drug-likeness (QED) is 0.228. The lowest BCUT2D eigenvalue weighted by Gasteiger charge is -2.16. The highest BCUT2D eigenvalue weighted by Crippen LogP contribution is 2.38. The zero-order valence-corrected chi connectivity index (χ0v) is 23.7. The fraction of sp³-hybridized carbons (Fsp3) is 0.185. The SMILES string of the molecule is CCOc1cccc(-c2nc3nc(Cl)c(NS(=O)(=O)Cc4cccc(F)c4)nc3n2-c2c(OC)cccc2OC)n1.[HH]. The Hall–Kier alpha value is -4.49. The van der Waals surface area contributed by atoms with E-state index < -0.39 is 21.6 Å². The summed E-state index contributed by atoms with van der Waals surface area (Å²) >= 11 is 6.38. The molecule has 0 amide bonds. The minimum atomic E-state index is -4.07. The zero-order chi connectivity index (χ0) is 29.1. The average molecular weight is 601 g/mol. The maximum Gasteiger partial charge on any atom is 0.238 e. The topological polar surface area (TPSA) is 130 Å². The third-order valence-electron chi connectivity index (χ3n) is 5.82. The van der Waals surface area contributed by atoms with Crippen molar-refractivity contribution in [2.24, 2.45) is 0 Å². The van der Waals surface area contributed by atoms with E-state index in [2.05, 4.69) is 24.7 Å². The molecule has 0 atom stereocenters. The number of pyridine rings is 1. The van der Waals surface area contributed by atoms with E-state index in [0.717, 1.165) is 6.07 Å². The molecule has 11 nitrogen and oxygen atoms in total. The predicted octanol–water partition coefficient (Wildman–Crippen LogP) is 5.27. The Bertz CT molecular complexity index is 1830. The number of nitrogens with zero attached hydrogens (tertiary/aromatic N) is 5. The van der Waals surface area contributed by atoms with Gasteiger partial charge in [0.15, 0.2) is 28.1 Å². The molecule has 0 saturated carbocycles. The summed E-state index contributed by atoms with van der Waals surface area (Å²) < 4.78 is 60.5. The van der Waals surface area contributed by atoms with E-state index in [1.807, 2.05) is 6.92 Å². The lowest BCUT2D eigenvalue weighted by molar-refractivity contribution is 0.327. The number of imidazole rings is 1. The molecule has 0 radical (unpaired) electrons. The molecule has 0 aliphatic carbocycles. The van der Waals surface area contributed by atoms with Crippen LogP contribution in [0.4, 0.5) is 10.2 Å². The van der Waals surface area contributed by atoms with Crippen molar-refractivity contribution < 1.29 is 28.4 Å². The molecule has 5 rings (SSSR count). The normalized spacial score (nSPS) is 11.4. The van der Waals surface area contributed by atoms with Gasteiger partial charge in [0, 0.05) is 7.49 Å². The summed E-state index contributed by atoms with van der Waals surface area (Å²) in [5.74, 6) is 0.182. The summed E-state index contributed by atoms with van der Waals surface area (Å²) in [6.45, 7) is 2.25. The standard InChI is InChI=1S/C27H24ClFN6O5S.H2/c1-4-40-21-13-6-10-18(30-21)26-33-25-27(35(26)22-19(38-2)11-7-12-20(22)39-3)32-24(23(28)31-25)34-41(36,37)15-16-8-5-9-17(29)14-16;/h5-14H,4,15H2,1-3H3,(H,32,34);1H. The Kier molecular flexibility index (Phi) is 7.90. The molecule has 1 N–H and O–H groups in total. The number of hydrogen-bond acceptors (Lipinski definition) is 9. The number of hydrogen-bond donors (Lipinski definition) is 1. The summed E-state index contributed by atoms with van der Waals surface area (Å²) in [6, 6.07) is 15.7. The number of benzene rings is 2. The summed E-state index contributed by atoms with van der Waals surface area (Å²) in [6.07, 6.45) is 0. The molecule has 0 aliphatic rings. The minimum Gasteiger partial charge on any atom is -0.494 e. The van der Waals surface area contributed by atoms with E-state index in [4.69, 9.17) is 25.8 Å². The molecule has 0 bridgehead atoms. The number of nitrogens with one attached hydrogen (secondary N) is 1.